The molecule has 2 fully saturated rings. The number of piperidine rings is 2. The number of hydrogen-bond donors (Lipinski definition) is 1. The normalized spacial score (nSPS) is 22.7. The fraction of sp³-hybridized carbons (Fsp3) is 0.714. The summed E-state index contributed by atoms with van der Waals surface area (Å²) >= 11 is 0. The number of likely N-dealkylation sites (N-methyl/N-ethyl adjacent to an activating group) is 1. The third kappa shape index (κ3) is 5.50. The molecule has 150 valence electrons. The second-order valence-electron chi connectivity index (χ2n) is 7.84. The highest BCUT2D eigenvalue weighted by atomic mass is 16.3. The van der Waals surface area contributed by atoms with E-state index < -0.39 is 0 Å². The molecule has 6 heteroatoms. The number of aliphatic hydroxyl groups excluding tert-OH is 1. The molecular formula is C21H34N4O2. The Hall–Kier alpha value is -1.50. The summed E-state index contributed by atoms with van der Waals surface area (Å²) in [5.41, 5.74) is 1.28. The number of aliphatic hydroxyl groups is 1. The van der Waals surface area contributed by atoms with Gasteiger partial charge in [0.2, 0.25) is 5.91 Å². The lowest BCUT2D eigenvalue weighted by Gasteiger charge is -2.42. The first kappa shape index (κ1) is 20.2. The maximum Gasteiger partial charge on any atom is 0.227 e. The van der Waals surface area contributed by atoms with Gasteiger partial charge in [-0.1, -0.05) is 6.07 Å². The molecule has 0 aromatic carbocycles. The SMILES string of the molecule is CCN(CCO)C(=O)C1CCCN(C2CCN(Cc3cccnc3)CC2)C1. The van der Waals surface area contributed by atoms with Crippen molar-refractivity contribution in [2.75, 3.05) is 45.9 Å². The number of nitrogens with zero attached hydrogens (tertiary/aromatic N) is 4. The van der Waals surface area contributed by atoms with Gasteiger partial charge in [-0.3, -0.25) is 19.6 Å². The number of carbonyl (C=O) groups is 1. The summed E-state index contributed by atoms with van der Waals surface area (Å²) in [7, 11) is 0. The van der Waals surface area contributed by atoms with Crippen molar-refractivity contribution >= 4 is 5.91 Å². The Morgan fingerprint density at radius 1 is 1.30 bits per heavy atom. The van der Waals surface area contributed by atoms with Crippen LogP contribution in [0.5, 0.6) is 0 Å². The summed E-state index contributed by atoms with van der Waals surface area (Å²) in [5, 5.41) is 9.19. The number of amides is 1. The highest BCUT2D eigenvalue weighted by molar-refractivity contribution is 5.79. The summed E-state index contributed by atoms with van der Waals surface area (Å²) in [5.74, 6) is 0.323. The number of carbonyl (C=O) groups excluding carboxylic acids is 1. The number of aromatic nitrogens is 1. The molecule has 1 N–H and O–H groups in total. The molecule has 27 heavy (non-hydrogen) atoms. The number of pyridine rings is 1. The third-order valence-electron chi connectivity index (χ3n) is 6.07. The van der Waals surface area contributed by atoms with E-state index in [1.807, 2.05) is 30.3 Å². The van der Waals surface area contributed by atoms with Gasteiger partial charge in [0, 0.05) is 44.6 Å². The van der Waals surface area contributed by atoms with Crippen molar-refractivity contribution in [3.05, 3.63) is 30.1 Å². The molecule has 1 amide bonds. The topological polar surface area (TPSA) is 59.9 Å². The predicted molar refractivity (Wildman–Crippen MR) is 106 cm³/mol. The van der Waals surface area contributed by atoms with Gasteiger partial charge in [-0.25, -0.2) is 0 Å². The molecule has 0 spiro atoms. The zero-order valence-electron chi connectivity index (χ0n) is 16.6. The molecule has 1 atom stereocenters. The average molecular weight is 375 g/mol. The van der Waals surface area contributed by atoms with Crippen LogP contribution in [0.15, 0.2) is 24.5 Å². The van der Waals surface area contributed by atoms with Crippen molar-refractivity contribution < 1.29 is 9.90 Å². The number of rotatable bonds is 7. The van der Waals surface area contributed by atoms with Crippen LogP contribution in [0.4, 0.5) is 0 Å². The van der Waals surface area contributed by atoms with Crippen molar-refractivity contribution in [2.24, 2.45) is 5.92 Å². The van der Waals surface area contributed by atoms with Gasteiger partial charge in [0.1, 0.15) is 0 Å². The summed E-state index contributed by atoms with van der Waals surface area (Å²) in [6.07, 6.45) is 8.22. The van der Waals surface area contributed by atoms with E-state index in [4.69, 9.17) is 0 Å². The highest BCUT2D eigenvalue weighted by Crippen LogP contribution is 2.25. The van der Waals surface area contributed by atoms with Crippen LogP contribution in [0, 0.1) is 5.92 Å². The van der Waals surface area contributed by atoms with E-state index in [1.54, 1.807) is 0 Å². The molecule has 0 aliphatic carbocycles. The van der Waals surface area contributed by atoms with E-state index in [0.29, 0.717) is 19.1 Å². The Labute approximate surface area is 163 Å². The summed E-state index contributed by atoms with van der Waals surface area (Å²) in [4.78, 5) is 23.9. The standard InChI is InChI=1S/C21H34N4O2/c1-2-24(13-14-26)21(27)19-6-4-10-25(17-19)20-7-11-23(12-8-20)16-18-5-3-9-22-15-18/h3,5,9,15,19-20,26H,2,4,6-8,10-14,16-17H2,1H3. The molecular weight excluding hydrogens is 340 g/mol. The molecule has 2 aliphatic heterocycles. The minimum Gasteiger partial charge on any atom is -0.395 e. The first-order chi connectivity index (χ1) is 13.2. The molecule has 2 aliphatic rings. The smallest absolute Gasteiger partial charge is 0.227 e. The molecule has 0 radical (unpaired) electrons. The van der Waals surface area contributed by atoms with Gasteiger partial charge >= 0.3 is 0 Å². The summed E-state index contributed by atoms with van der Waals surface area (Å²) in [6, 6.07) is 4.74. The molecule has 1 aromatic heterocycles. The molecule has 0 bridgehead atoms. The van der Waals surface area contributed by atoms with Gasteiger partial charge in [-0.05, 0) is 63.9 Å². The second kappa shape index (κ2) is 10.2. The minimum absolute atomic E-state index is 0.0470. The van der Waals surface area contributed by atoms with E-state index >= 15 is 0 Å². The van der Waals surface area contributed by atoms with Gasteiger partial charge in [-0.15, -0.1) is 0 Å². The Balaban J connectivity index is 1.48. The van der Waals surface area contributed by atoms with Gasteiger partial charge in [0.25, 0.3) is 0 Å². The van der Waals surface area contributed by atoms with Crippen LogP contribution in [0.2, 0.25) is 0 Å². The van der Waals surface area contributed by atoms with Crippen LogP contribution in [0.25, 0.3) is 0 Å². The molecule has 3 heterocycles. The Morgan fingerprint density at radius 3 is 2.78 bits per heavy atom. The summed E-state index contributed by atoms with van der Waals surface area (Å²) < 4.78 is 0. The largest absolute Gasteiger partial charge is 0.395 e. The Kier molecular flexibility index (Phi) is 7.61. The lowest BCUT2D eigenvalue weighted by molar-refractivity contribution is -0.138. The van der Waals surface area contributed by atoms with Crippen LogP contribution in [0.1, 0.15) is 38.2 Å². The van der Waals surface area contributed by atoms with Crippen molar-refractivity contribution in [3.63, 3.8) is 0 Å². The minimum atomic E-state index is 0.0470. The van der Waals surface area contributed by atoms with Crippen LogP contribution in [-0.2, 0) is 11.3 Å². The maximum absolute atomic E-state index is 12.8. The third-order valence-corrected chi connectivity index (χ3v) is 6.07. The van der Waals surface area contributed by atoms with Crippen molar-refractivity contribution in [3.8, 4) is 0 Å². The van der Waals surface area contributed by atoms with Gasteiger partial charge in [0.15, 0.2) is 0 Å². The predicted octanol–water partition coefficient (Wildman–Crippen LogP) is 1.60. The number of hydrogen-bond acceptors (Lipinski definition) is 5. The molecule has 0 saturated carbocycles. The van der Waals surface area contributed by atoms with Crippen LogP contribution >= 0.6 is 0 Å². The first-order valence-electron chi connectivity index (χ1n) is 10.5. The second-order valence-corrected chi connectivity index (χ2v) is 7.84. The molecule has 1 unspecified atom stereocenters. The van der Waals surface area contributed by atoms with Crippen LogP contribution < -0.4 is 0 Å². The van der Waals surface area contributed by atoms with Crippen molar-refractivity contribution in [2.45, 2.75) is 45.2 Å². The lowest BCUT2D eigenvalue weighted by atomic mass is 9.92. The van der Waals surface area contributed by atoms with E-state index in [1.165, 1.54) is 18.4 Å². The van der Waals surface area contributed by atoms with Crippen molar-refractivity contribution in [1.29, 1.82) is 0 Å². The van der Waals surface area contributed by atoms with E-state index in [9.17, 15) is 9.90 Å². The van der Waals surface area contributed by atoms with Crippen LogP contribution in [-0.4, -0.2) is 82.6 Å². The zero-order chi connectivity index (χ0) is 19.1. The molecule has 3 rings (SSSR count). The van der Waals surface area contributed by atoms with Crippen molar-refractivity contribution in [1.82, 2.24) is 19.7 Å². The van der Waals surface area contributed by atoms with Gasteiger partial charge in [-0.2, -0.15) is 0 Å². The van der Waals surface area contributed by atoms with E-state index in [-0.39, 0.29) is 18.4 Å². The van der Waals surface area contributed by atoms with Gasteiger partial charge in [0.05, 0.1) is 12.5 Å². The van der Waals surface area contributed by atoms with Crippen LogP contribution in [0.3, 0.4) is 0 Å². The lowest BCUT2D eigenvalue weighted by Crippen LogP contribution is -2.51. The molecule has 1 aromatic rings. The van der Waals surface area contributed by atoms with Gasteiger partial charge < -0.3 is 10.0 Å². The average Bonchev–Trinajstić information content (AvgIpc) is 2.73. The monoisotopic (exact) mass is 374 g/mol. The molecule has 6 nitrogen and oxygen atoms in total. The summed E-state index contributed by atoms with van der Waals surface area (Å²) in [6.45, 7) is 8.38. The maximum atomic E-state index is 12.8. The zero-order valence-corrected chi connectivity index (χ0v) is 16.6. The fourth-order valence-electron chi connectivity index (χ4n) is 4.54. The first-order valence-corrected chi connectivity index (χ1v) is 10.5. The highest BCUT2D eigenvalue weighted by Gasteiger charge is 2.33. The quantitative estimate of drug-likeness (QED) is 0.786. The Morgan fingerprint density at radius 2 is 2.11 bits per heavy atom. The fourth-order valence-corrected chi connectivity index (χ4v) is 4.54. The Bertz CT molecular complexity index is 575. The van der Waals surface area contributed by atoms with E-state index in [0.717, 1.165) is 45.6 Å². The van der Waals surface area contributed by atoms with E-state index in [2.05, 4.69) is 20.9 Å². The number of likely N-dealkylation sites (tertiary alicyclic amines) is 2. The molecule has 2 saturated heterocycles.